The molecule has 25 heavy (non-hydrogen) atoms. The molecule has 2 aromatic rings. The molecule has 3 rings (SSSR count). The van der Waals surface area contributed by atoms with Gasteiger partial charge in [-0.3, -0.25) is 4.79 Å². The van der Waals surface area contributed by atoms with Crippen LogP contribution in [0, 0.1) is 6.92 Å². The summed E-state index contributed by atoms with van der Waals surface area (Å²) in [6, 6.07) is 15.1. The van der Waals surface area contributed by atoms with E-state index in [1.165, 1.54) is 0 Å². The zero-order valence-corrected chi connectivity index (χ0v) is 14.9. The second-order valence-corrected chi connectivity index (χ2v) is 6.03. The van der Waals surface area contributed by atoms with Crippen molar-refractivity contribution in [3.63, 3.8) is 0 Å². The third kappa shape index (κ3) is 4.95. The number of anilines is 1. The van der Waals surface area contributed by atoms with Crippen molar-refractivity contribution in [1.29, 1.82) is 0 Å². The Hall–Kier alpha value is -2.08. The predicted octanol–water partition coefficient (Wildman–Crippen LogP) is 2.66. The van der Waals surface area contributed by atoms with Crippen molar-refractivity contribution in [2.75, 3.05) is 11.9 Å². The molecule has 5 nitrogen and oxygen atoms in total. The molecule has 1 amide bonds. The molecular weight excluding hydrogens is 340 g/mol. The summed E-state index contributed by atoms with van der Waals surface area (Å²) in [5.41, 5.74) is 2.79. The number of halogens is 1. The maximum Gasteiger partial charge on any atom is 0.241 e. The van der Waals surface area contributed by atoms with Crippen LogP contribution in [0.4, 0.5) is 5.69 Å². The van der Waals surface area contributed by atoms with Crippen molar-refractivity contribution in [1.82, 2.24) is 5.32 Å². The molecule has 2 atom stereocenters. The number of amides is 1. The number of carbonyl (C=O) groups is 1. The molecule has 1 saturated heterocycles. The van der Waals surface area contributed by atoms with Crippen molar-refractivity contribution < 1.29 is 14.6 Å². The number of ether oxygens (including phenoxy) is 1. The topological polar surface area (TPSA) is 70.6 Å². The van der Waals surface area contributed by atoms with Gasteiger partial charge in [-0.15, -0.1) is 12.4 Å². The highest BCUT2D eigenvalue weighted by atomic mass is 35.5. The maximum absolute atomic E-state index is 12.3. The largest absolute Gasteiger partial charge is 0.489 e. The molecule has 0 radical (unpaired) electrons. The number of aliphatic hydroxyl groups excluding tert-OH is 1. The summed E-state index contributed by atoms with van der Waals surface area (Å²) in [6.07, 6.45) is -0.00531. The first-order chi connectivity index (χ1) is 11.6. The molecule has 1 aliphatic heterocycles. The van der Waals surface area contributed by atoms with Crippen LogP contribution >= 0.6 is 12.4 Å². The Balaban J connectivity index is 0.00000225. The monoisotopic (exact) mass is 362 g/mol. The summed E-state index contributed by atoms with van der Waals surface area (Å²) in [4.78, 5) is 12.3. The molecule has 0 bridgehead atoms. The van der Waals surface area contributed by atoms with Gasteiger partial charge in [-0.1, -0.05) is 30.3 Å². The number of hydrogen-bond acceptors (Lipinski definition) is 4. The number of carbonyl (C=O) groups excluding carboxylic acids is 1. The van der Waals surface area contributed by atoms with E-state index in [9.17, 15) is 9.90 Å². The molecule has 0 aromatic heterocycles. The first kappa shape index (κ1) is 19.2. The number of aliphatic hydroxyl groups is 1. The Morgan fingerprint density at radius 3 is 2.68 bits per heavy atom. The number of rotatable bonds is 5. The minimum atomic E-state index is -0.451. The van der Waals surface area contributed by atoms with E-state index in [0.717, 1.165) is 22.6 Å². The summed E-state index contributed by atoms with van der Waals surface area (Å²) in [5, 5.41) is 15.5. The van der Waals surface area contributed by atoms with Gasteiger partial charge in [-0.25, -0.2) is 0 Å². The zero-order valence-electron chi connectivity index (χ0n) is 14.1. The van der Waals surface area contributed by atoms with Crippen molar-refractivity contribution >= 4 is 24.0 Å². The number of hydrogen-bond donors (Lipinski definition) is 3. The molecule has 1 aliphatic rings. The Kier molecular flexibility index (Phi) is 6.82. The average molecular weight is 363 g/mol. The Bertz CT molecular complexity index is 709. The lowest BCUT2D eigenvalue weighted by Gasteiger charge is -2.15. The molecule has 134 valence electrons. The van der Waals surface area contributed by atoms with E-state index in [4.69, 9.17) is 4.74 Å². The van der Waals surface area contributed by atoms with Crippen LogP contribution < -0.4 is 15.4 Å². The molecule has 2 aromatic carbocycles. The summed E-state index contributed by atoms with van der Waals surface area (Å²) in [6.45, 7) is 2.87. The highest BCUT2D eigenvalue weighted by molar-refractivity contribution is 5.95. The van der Waals surface area contributed by atoms with Crippen LogP contribution in [0.3, 0.4) is 0 Å². The van der Waals surface area contributed by atoms with Gasteiger partial charge >= 0.3 is 0 Å². The van der Waals surface area contributed by atoms with Gasteiger partial charge in [-0.2, -0.15) is 0 Å². The summed E-state index contributed by atoms with van der Waals surface area (Å²) >= 11 is 0. The highest BCUT2D eigenvalue weighted by Gasteiger charge is 2.28. The van der Waals surface area contributed by atoms with Gasteiger partial charge in [0.2, 0.25) is 5.91 Å². The van der Waals surface area contributed by atoms with Crippen molar-refractivity contribution in [3.8, 4) is 5.75 Å². The first-order valence-electron chi connectivity index (χ1n) is 8.12. The van der Waals surface area contributed by atoms with E-state index in [1.54, 1.807) is 0 Å². The summed E-state index contributed by atoms with van der Waals surface area (Å²) in [5.74, 6) is 0.700. The summed E-state index contributed by atoms with van der Waals surface area (Å²) < 4.78 is 5.79. The van der Waals surface area contributed by atoms with Gasteiger partial charge in [-0.05, 0) is 42.7 Å². The average Bonchev–Trinajstić information content (AvgIpc) is 3.03. The van der Waals surface area contributed by atoms with Crippen molar-refractivity contribution in [2.45, 2.75) is 32.1 Å². The van der Waals surface area contributed by atoms with Crippen LogP contribution in [-0.2, 0) is 11.4 Å². The zero-order chi connectivity index (χ0) is 16.9. The van der Waals surface area contributed by atoms with Crippen LogP contribution in [0.2, 0.25) is 0 Å². The van der Waals surface area contributed by atoms with E-state index in [1.807, 2.05) is 55.5 Å². The van der Waals surface area contributed by atoms with E-state index >= 15 is 0 Å². The van der Waals surface area contributed by atoms with Crippen LogP contribution in [0.25, 0.3) is 0 Å². The molecule has 1 heterocycles. The molecule has 0 aliphatic carbocycles. The SMILES string of the molecule is Cc1c(COc2ccccc2)cccc1NC(=O)C1CC(O)CN1.Cl. The number of para-hydroxylation sites is 1. The van der Waals surface area contributed by atoms with E-state index in [-0.39, 0.29) is 24.4 Å². The van der Waals surface area contributed by atoms with Gasteiger partial charge in [0, 0.05) is 12.2 Å². The molecule has 3 N–H and O–H groups in total. The molecule has 2 unspecified atom stereocenters. The molecule has 6 heteroatoms. The number of β-amino-alcohol motifs (C(OH)–C–C–N with tert-alkyl or cyclic N) is 1. The van der Waals surface area contributed by atoms with Crippen LogP contribution in [0.1, 0.15) is 17.5 Å². The lowest BCUT2D eigenvalue weighted by atomic mass is 10.1. The fourth-order valence-electron chi connectivity index (χ4n) is 2.79. The minimum absolute atomic E-state index is 0. The molecular formula is C19H23ClN2O3. The van der Waals surface area contributed by atoms with E-state index in [0.29, 0.717) is 19.6 Å². The van der Waals surface area contributed by atoms with Gasteiger partial charge in [0.05, 0.1) is 12.1 Å². The Labute approximate surface area is 153 Å². The Morgan fingerprint density at radius 2 is 2.00 bits per heavy atom. The first-order valence-corrected chi connectivity index (χ1v) is 8.12. The molecule has 0 saturated carbocycles. The summed E-state index contributed by atoms with van der Waals surface area (Å²) in [7, 11) is 0. The lowest BCUT2D eigenvalue weighted by molar-refractivity contribution is -0.117. The fourth-order valence-corrected chi connectivity index (χ4v) is 2.79. The normalized spacial score (nSPS) is 19.1. The number of nitrogens with one attached hydrogen (secondary N) is 2. The second-order valence-electron chi connectivity index (χ2n) is 6.03. The van der Waals surface area contributed by atoms with Crippen LogP contribution in [-0.4, -0.2) is 29.7 Å². The standard InChI is InChI=1S/C19H22N2O3.ClH/c1-13-14(12-24-16-7-3-2-4-8-16)6-5-9-17(13)21-19(23)18-10-15(22)11-20-18;/h2-9,15,18,20,22H,10-12H2,1H3,(H,21,23);1H. The van der Waals surface area contributed by atoms with Gasteiger partial charge in [0.15, 0.2) is 0 Å². The Morgan fingerprint density at radius 1 is 1.24 bits per heavy atom. The van der Waals surface area contributed by atoms with Gasteiger partial charge in [0.25, 0.3) is 0 Å². The fraction of sp³-hybridized carbons (Fsp3) is 0.316. The smallest absolute Gasteiger partial charge is 0.241 e. The third-order valence-electron chi connectivity index (χ3n) is 4.27. The van der Waals surface area contributed by atoms with E-state index in [2.05, 4.69) is 10.6 Å². The van der Waals surface area contributed by atoms with Crippen LogP contribution in [0.15, 0.2) is 48.5 Å². The van der Waals surface area contributed by atoms with Crippen molar-refractivity contribution in [3.05, 3.63) is 59.7 Å². The maximum atomic E-state index is 12.3. The molecule has 1 fully saturated rings. The second kappa shape index (κ2) is 8.85. The lowest BCUT2D eigenvalue weighted by Crippen LogP contribution is -2.35. The predicted molar refractivity (Wildman–Crippen MR) is 100 cm³/mol. The van der Waals surface area contributed by atoms with Gasteiger partial charge in [0.1, 0.15) is 12.4 Å². The minimum Gasteiger partial charge on any atom is -0.489 e. The van der Waals surface area contributed by atoms with Crippen molar-refractivity contribution in [2.24, 2.45) is 0 Å². The molecule has 0 spiro atoms. The third-order valence-corrected chi connectivity index (χ3v) is 4.27. The quantitative estimate of drug-likeness (QED) is 0.764. The van der Waals surface area contributed by atoms with Crippen LogP contribution in [0.5, 0.6) is 5.75 Å². The number of benzene rings is 2. The van der Waals surface area contributed by atoms with E-state index < -0.39 is 6.10 Å². The van der Waals surface area contributed by atoms with Gasteiger partial charge < -0.3 is 20.5 Å². The highest BCUT2D eigenvalue weighted by Crippen LogP contribution is 2.22.